The molecule has 0 saturated carbocycles. The smallest absolute Gasteiger partial charge is 0.337 e. The highest BCUT2D eigenvalue weighted by atomic mass is 16.5. The van der Waals surface area contributed by atoms with E-state index in [0.29, 0.717) is 11.3 Å². The molecular weight excluding hydrogens is 180 g/mol. The van der Waals surface area contributed by atoms with Crippen molar-refractivity contribution in [2.75, 3.05) is 7.11 Å². The van der Waals surface area contributed by atoms with Gasteiger partial charge in [0.25, 0.3) is 0 Å². The maximum atomic E-state index is 11.2. The van der Waals surface area contributed by atoms with Crippen LogP contribution in [0.3, 0.4) is 0 Å². The number of carbonyl (C=O) groups is 1. The molecule has 0 saturated heterocycles. The minimum Gasteiger partial charge on any atom is -0.465 e. The number of carbonyl (C=O) groups excluding carboxylic acids is 1. The second kappa shape index (κ2) is 4.41. The van der Waals surface area contributed by atoms with Crippen LogP contribution < -0.4 is 5.73 Å². The van der Waals surface area contributed by atoms with E-state index in [2.05, 4.69) is 9.73 Å². The SMILES string of the molecule is COC(=O)c1ccc(C)c(/N=C/N)c1. The van der Waals surface area contributed by atoms with Gasteiger partial charge in [0.15, 0.2) is 0 Å². The summed E-state index contributed by atoms with van der Waals surface area (Å²) in [6.07, 6.45) is 1.20. The zero-order valence-electron chi connectivity index (χ0n) is 8.15. The van der Waals surface area contributed by atoms with Crippen LogP contribution in [-0.2, 0) is 4.74 Å². The van der Waals surface area contributed by atoms with Gasteiger partial charge in [-0.05, 0) is 24.6 Å². The van der Waals surface area contributed by atoms with Crippen LogP contribution in [0.15, 0.2) is 23.2 Å². The molecule has 0 fully saturated rings. The van der Waals surface area contributed by atoms with Crippen LogP contribution in [-0.4, -0.2) is 19.4 Å². The molecule has 0 aliphatic heterocycles. The Morgan fingerprint density at radius 2 is 2.29 bits per heavy atom. The van der Waals surface area contributed by atoms with E-state index in [0.717, 1.165) is 5.56 Å². The molecule has 4 nitrogen and oxygen atoms in total. The Hall–Kier alpha value is -1.84. The van der Waals surface area contributed by atoms with Crippen LogP contribution in [0.4, 0.5) is 5.69 Å². The number of methoxy groups -OCH3 is 1. The number of esters is 1. The fourth-order valence-corrected chi connectivity index (χ4v) is 1.07. The minimum atomic E-state index is -0.376. The van der Waals surface area contributed by atoms with E-state index < -0.39 is 0 Å². The first kappa shape index (κ1) is 10.2. The third-order valence-corrected chi connectivity index (χ3v) is 1.84. The van der Waals surface area contributed by atoms with Crippen LogP contribution in [0.1, 0.15) is 15.9 Å². The summed E-state index contributed by atoms with van der Waals surface area (Å²) in [7, 11) is 1.34. The van der Waals surface area contributed by atoms with Crippen LogP contribution in [0.2, 0.25) is 0 Å². The van der Waals surface area contributed by atoms with E-state index in [-0.39, 0.29) is 5.97 Å². The number of nitrogens with two attached hydrogens (primary N) is 1. The van der Waals surface area contributed by atoms with Gasteiger partial charge in [-0.15, -0.1) is 0 Å². The largest absolute Gasteiger partial charge is 0.465 e. The topological polar surface area (TPSA) is 64.7 Å². The van der Waals surface area contributed by atoms with Crippen molar-refractivity contribution in [1.29, 1.82) is 0 Å². The second-order valence-corrected chi connectivity index (χ2v) is 2.77. The van der Waals surface area contributed by atoms with E-state index in [1.54, 1.807) is 18.2 Å². The van der Waals surface area contributed by atoms with Crippen LogP contribution in [0, 0.1) is 6.92 Å². The molecule has 0 atom stereocenters. The lowest BCUT2D eigenvalue weighted by Crippen LogP contribution is -2.00. The fourth-order valence-electron chi connectivity index (χ4n) is 1.07. The molecule has 0 unspecified atom stereocenters. The molecule has 1 aromatic rings. The molecule has 4 heteroatoms. The highest BCUT2D eigenvalue weighted by molar-refractivity contribution is 5.90. The molecule has 14 heavy (non-hydrogen) atoms. The average molecular weight is 192 g/mol. The summed E-state index contributed by atoms with van der Waals surface area (Å²) in [4.78, 5) is 15.1. The molecule has 0 heterocycles. The molecular formula is C10H12N2O2. The molecule has 1 aromatic carbocycles. The van der Waals surface area contributed by atoms with Gasteiger partial charge >= 0.3 is 5.97 Å². The van der Waals surface area contributed by atoms with Crippen LogP contribution in [0.25, 0.3) is 0 Å². The molecule has 0 aromatic heterocycles. The van der Waals surface area contributed by atoms with E-state index in [4.69, 9.17) is 5.73 Å². The lowest BCUT2D eigenvalue weighted by atomic mass is 10.1. The van der Waals surface area contributed by atoms with Crippen molar-refractivity contribution in [3.8, 4) is 0 Å². The number of hydrogen-bond acceptors (Lipinski definition) is 3. The van der Waals surface area contributed by atoms with Crippen molar-refractivity contribution in [1.82, 2.24) is 0 Å². The van der Waals surface area contributed by atoms with Crippen molar-refractivity contribution >= 4 is 18.0 Å². The van der Waals surface area contributed by atoms with Crippen LogP contribution >= 0.6 is 0 Å². The molecule has 0 aliphatic rings. The Morgan fingerprint density at radius 1 is 1.57 bits per heavy atom. The standard InChI is InChI=1S/C10H12N2O2/c1-7-3-4-8(10(13)14-2)5-9(7)12-6-11/h3-6H,1-2H3,(H2,11,12). The molecule has 0 amide bonds. The number of aryl methyl sites for hydroxylation is 1. The monoisotopic (exact) mass is 192 g/mol. The van der Waals surface area contributed by atoms with Gasteiger partial charge in [-0.1, -0.05) is 6.07 Å². The van der Waals surface area contributed by atoms with Crippen molar-refractivity contribution in [3.05, 3.63) is 29.3 Å². The maximum Gasteiger partial charge on any atom is 0.337 e. The van der Waals surface area contributed by atoms with Crippen molar-refractivity contribution in [2.45, 2.75) is 6.92 Å². The van der Waals surface area contributed by atoms with Gasteiger partial charge < -0.3 is 10.5 Å². The van der Waals surface area contributed by atoms with Gasteiger partial charge in [-0.2, -0.15) is 0 Å². The second-order valence-electron chi connectivity index (χ2n) is 2.77. The molecule has 1 rings (SSSR count). The van der Waals surface area contributed by atoms with Gasteiger partial charge in [0.05, 0.1) is 24.7 Å². The van der Waals surface area contributed by atoms with Crippen LogP contribution in [0.5, 0.6) is 0 Å². The Labute approximate surface area is 82.4 Å². The Bertz CT molecular complexity index is 372. The first-order valence-electron chi connectivity index (χ1n) is 4.12. The van der Waals surface area contributed by atoms with Crippen molar-refractivity contribution < 1.29 is 9.53 Å². The fraction of sp³-hybridized carbons (Fsp3) is 0.200. The minimum absolute atomic E-state index is 0.376. The summed E-state index contributed by atoms with van der Waals surface area (Å²) >= 11 is 0. The number of benzene rings is 1. The predicted octanol–water partition coefficient (Wildman–Crippen LogP) is 1.40. The summed E-state index contributed by atoms with van der Waals surface area (Å²) in [5.41, 5.74) is 7.29. The highest BCUT2D eigenvalue weighted by Gasteiger charge is 2.06. The number of aliphatic imine (C=N–C) groups is 1. The van der Waals surface area contributed by atoms with E-state index in [9.17, 15) is 4.79 Å². The molecule has 0 aliphatic carbocycles. The molecule has 0 bridgehead atoms. The zero-order valence-corrected chi connectivity index (χ0v) is 8.15. The summed E-state index contributed by atoms with van der Waals surface area (Å²) in [5, 5.41) is 0. The zero-order chi connectivity index (χ0) is 10.6. The molecule has 0 radical (unpaired) electrons. The number of hydrogen-bond donors (Lipinski definition) is 1. The highest BCUT2D eigenvalue weighted by Crippen LogP contribution is 2.19. The van der Waals surface area contributed by atoms with Gasteiger partial charge in [-0.3, -0.25) is 0 Å². The Morgan fingerprint density at radius 3 is 2.86 bits per heavy atom. The number of rotatable bonds is 2. The Kier molecular flexibility index (Phi) is 3.23. The van der Waals surface area contributed by atoms with E-state index in [1.807, 2.05) is 6.92 Å². The first-order chi connectivity index (χ1) is 6.69. The van der Waals surface area contributed by atoms with Gasteiger partial charge in [0.2, 0.25) is 0 Å². The summed E-state index contributed by atoms with van der Waals surface area (Å²) in [6.45, 7) is 1.89. The molecule has 2 N–H and O–H groups in total. The van der Waals surface area contributed by atoms with Gasteiger partial charge in [0, 0.05) is 0 Å². The lowest BCUT2D eigenvalue weighted by Gasteiger charge is -2.02. The Balaban J connectivity index is 3.12. The van der Waals surface area contributed by atoms with Gasteiger partial charge in [0.1, 0.15) is 0 Å². The van der Waals surface area contributed by atoms with E-state index in [1.165, 1.54) is 13.4 Å². The predicted molar refractivity (Wildman–Crippen MR) is 54.9 cm³/mol. The average Bonchev–Trinajstić information content (AvgIpc) is 2.20. The third kappa shape index (κ3) is 2.10. The first-order valence-corrected chi connectivity index (χ1v) is 4.12. The third-order valence-electron chi connectivity index (χ3n) is 1.84. The molecule has 74 valence electrons. The molecule has 0 spiro atoms. The van der Waals surface area contributed by atoms with E-state index >= 15 is 0 Å². The lowest BCUT2D eigenvalue weighted by molar-refractivity contribution is 0.0601. The quantitative estimate of drug-likeness (QED) is 0.437. The van der Waals surface area contributed by atoms with Crippen molar-refractivity contribution in [2.24, 2.45) is 10.7 Å². The summed E-state index contributed by atoms with van der Waals surface area (Å²) in [5.74, 6) is -0.376. The maximum absolute atomic E-state index is 11.2. The number of ether oxygens (including phenoxy) is 1. The summed E-state index contributed by atoms with van der Waals surface area (Å²) in [6, 6.07) is 5.13. The van der Waals surface area contributed by atoms with Crippen molar-refractivity contribution in [3.63, 3.8) is 0 Å². The summed E-state index contributed by atoms with van der Waals surface area (Å²) < 4.78 is 4.59. The van der Waals surface area contributed by atoms with Gasteiger partial charge in [-0.25, -0.2) is 9.79 Å². The number of nitrogens with zero attached hydrogens (tertiary/aromatic N) is 1. The normalized spacial score (nSPS) is 10.4.